The van der Waals surface area contributed by atoms with Gasteiger partial charge < -0.3 is 14.2 Å². The largest absolute Gasteiger partial charge is 0.465 e. The minimum absolute atomic E-state index is 0.00505. The fraction of sp³-hybridized carbons (Fsp3) is 0.800. The number of carbonyl (C=O) groups excluding carboxylic acids is 3. The number of hydrogen-bond acceptors (Lipinski definition) is 6. The molecule has 0 aromatic heterocycles. The fourth-order valence-corrected chi connectivity index (χ4v) is 7.60. The molecule has 4 aliphatic rings. The molecule has 0 amide bonds. The maximum atomic E-state index is 11.7. The zero-order chi connectivity index (χ0) is 22.4. The summed E-state index contributed by atoms with van der Waals surface area (Å²) in [5, 5.41) is 0. The molecule has 0 heterocycles. The average Bonchev–Trinajstić information content (AvgIpc) is 3.01. The number of hydrogen-bond donors (Lipinski definition) is 0. The molecule has 4 rings (SSSR count). The van der Waals surface area contributed by atoms with Crippen molar-refractivity contribution < 1.29 is 28.6 Å². The summed E-state index contributed by atoms with van der Waals surface area (Å²) in [6, 6.07) is 0. The number of fused-ring (bicyclic) bond motifs is 5. The van der Waals surface area contributed by atoms with Gasteiger partial charge in [0.05, 0.1) is 0 Å². The molecule has 0 unspecified atom stereocenters. The molecule has 3 saturated carbocycles. The minimum Gasteiger partial charge on any atom is -0.465 e. The lowest BCUT2D eigenvalue weighted by molar-refractivity contribution is -0.160. The second-order valence-electron chi connectivity index (χ2n) is 10.5. The molecule has 0 aromatic carbocycles. The Morgan fingerprint density at radius 1 is 0.935 bits per heavy atom. The maximum absolute atomic E-state index is 11.7. The van der Waals surface area contributed by atoms with Gasteiger partial charge in [0.25, 0.3) is 0 Å². The second kappa shape index (κ2) is 8.25. The molecule has 0 bridgehead atoms. The van der Waals surface area contributed by atoms with Crippen LogP contribution in [0.5, 0.6) is 0 Å². The van der Waals surface area contributed by atoms with E-state index in [4.69, 9.17) is 14.2 Å². The Hall–Kier alpha value is -1.85. The number of allylic oxidation sites excluding steroid dienone is 1. The predicted molar refractivity (Wildman–Crippen MR) is 114 cm³/mol. The molecule has 0 aliphatic heterocycles. The highest BCUT2D eigenvalue weighted by atomic mass is 16.5. The van der Waals surface area contributed by atoms with Crippen molar-refractivity contribution in [2.45, 2.75) is 91.3 Å². The molecule has 0 aromatic rings. The van der Waals surface area contributed by atoms with Crippen molar-refractivity contribution in [2.24, 2.45) is 28.6 Å². The minimum atomic E-state index is -0.241. The van der Waals surface area contributed by atoms with Gasteiger partial charge in [0.2, 0.25) is 0 Å². The van der Waals surface area contributed by atoms with Gasteiger partial charge in [-0.3, -0.25) is 14.4 Å². The first-order valence-corrected chi connectivity index (χ1v) is 11.8. The number of ether oxygens (including phenoxy) is 3. The molecule has 172 valence electrons. The lowest BCUT2D eigenvalue weighted by atomic mass is 9.47. The van der Waals surface area contributed by atoms with Gasteiger partial charge in [0.15, 0.2) is 0 Å². The van der Waals surface area contributed by atoms with Gasteiger partial charge in [-0.05, 0) is 62.7 Å². The fourth-order valence-electron chi connectivity index (χ4n) is 7.60. The van der Waals surface area contributed by atoms with E-state index >= 15 is 0 Å². The Morgan fingerprint density at radius 3 is 2.35 bits per heavy atom. The average molecular weight is 433 g/mol. The molecule has 4 aliphatic carbocycles. The number of carbonyl (C=O) groups is 3. The summed E-state index contributed by atoms with van der Waals surface area (Å²) in [5.74, 6) is 0.795. The van der Waals surface area contributed by atoms with Gasteiger partial charge in [-0.25, -0.2) is 0 Å². The van der Waals surface area contributed by atoms with Crippen LogP contribution in [-0.2, 0) is 28.6 Å². The first-order valence-electron chi connectivity index (χ1n) is 11.8. The van der Waals surface area contributed by atoms with Crippen LogP contribution in [0.15, 0.2) is 11.6 Å². The summed E-state index contributed by atoms with van der Waals surface area (Å²) < 4.78 is 17.0. The SMILES string of the molecule is CC(=O)OC[C@]12CC[C@H](OC(C)=O)CC1=CC[C@@H]1[C@@H]2CC[C@]2(C)[C@@H](OC(C)=O)CC[C@@H]12. The van der Waals surface area contributed by atoms with Crippen LogP contribution in [0.4, 0.5) is 0 Å². The Bertz CT molecular complexity index is 787. The standard InChI is InChI=1S/C25H36O6/c1-15(26)29-14-25-12-9-19(30-16(2)27)13-18(25)5-6-20-21-7-8-23(31-17(3)28)24(21,4)11-10-22(20)25/h5,19-23H,6-14H2,1-4H3/t19-,20-,21-,22-,23-,24-,25+/m0/s1. The van der Waals surface area contributed by atoms with Crippen LogP contribution in [0.2, 0.25) is 0 Å². The van der Waals surface area contributed by atoms with Gasteiger partial charge in [0.1, 0.15) is 18.8 Å². The van der Waals surface area contributed by atoms with Gasteiger partial charge in [-0.2, -0.15) is 0 Å². The van der Waals surface area contributed by atoms with E-state index < -0.39 is 0 Å². The first kappa shape index (κ1) is 22.3. The molecule has 7 atom stereocenters. The van der Waals surface area contributed by atoms with Crippen molar-refractivity contribution in [2.75, 3.05) is 6.61 Å². The van der Waals surface area contributed by atoms with E-state index in [-0.39, 0.29) is 40.9 Å². The smallest absolute Gasteiger partial charge is 0.302 e. The van der Waals surface area contributed by atoms with Crippen LogP contribution in [0.1, 0.15) is 79.1 Å². The molecular weight excluding hydrogens is 396 g/mol. The van der Waals surface area contributed by atoms with E-state index in [1.54, 1.807) is 0 Å². The molecule has 6 nitrogen and oxygen atoms in total. The molecule has 0 N–H and O–H groups in total. The van der Waals surface area contributed by atoms with Gasteiger partial charge in [0, 0.05) is 38.0 Å². The van der Waals surface area contributed by atoms with E-state index in [2.05, 4.69) is 13.0 Å². The molecule has 0 saturated heterocycles. The first-order chi connectivity index (χ1) is 14.7. The van der Waals surface area contributed by atoms with E-state index in [0.29, 0.717) is 24.4 Å². The Labute approximate surface area is 185 Å². The maximum Gasteiger partial charge on any atom is 0.302 e. The summed E-state index contributed by atoms with van der Waals surface area (Å²) in [6.45, 7) is 7.17. The van der Waals surface area contributed by atoms with Crippen LogP contribution in [0.25, 0.3) is 0 Å². The summed E-state index contributed by atoms with van der Waals surface area (Å²) in [4.78, 5) is 34.9. The monoisotopic (exact) mass is 432 g/mol. The summed E-state index contributed by atoms with van der Waals surface area (Å²) in [7, 11) is 0. The van der Waals surface area contributed by atoms with Gasteiger partial charge in [-0.1, -0.05) is 18.6 Å². The van der Waals surface area contributed by atoms with E-state index in [9.17, 15) is 14.4 Å². The molecule has 0 radical (unpaired) electrons. The van der Waals surface area contributed by atoms with Crippen LogP contribution in [0, 0.1) is 28.6 Å². The topological polar surface area (TPSA) is 78.9 Å². The van der Waals surface area contributed by atoms with Gasteiger partial charge >= 0.3 is 17.9 Å². The van der Waals surface area contributed by atoms with Crippen molar-refractivity contribution in [3.63, 3.8) is 0 Å². The summed E-state index contributed by atoms with van der Waals surface area (Å²) in [5.41, 5.74) is 1.17. The second-order valence-corrected chi connectivity index (χ2v) is 10.5. The predicted octanol–water partition coefficient (Wildman–Crippen LogP) is 4.36. The van der Waals surface area contributed by atoms with Crippen molar-refractivity contribution in [1.29, 1.82) is 0 Å². The molecule has 6 heteroatoms. The quantitative estimate of drug-likeness (QED) is 0.373. The number of esters is 3. The lowest BCUT2D eigenvalue weighted by Gasteiger charge is -2.58. The zero-order valence-electron chi connectivity index (χ0n) is 19.3. The van der Waals surface area contributed by atoms with Crippen molar-refractivity contribution in [3.05, 3.63) is 11.6 Å². The van der Waals surface area contributed by atoms with E-state index in [1.807, 2.05) is 0 Å². The highest BCUT2D eigenvalue weighted by Crippen LogP contribution is 2.65. The Balaban J connectivity index is 1.62. The lowest BCUT2D eigenvalue weighted by Crippen LogP contribution is -2.54. The third-order valence-electron chi connectivity index (χ3n) is 8.87. The molecule has 31 heavy (non-hydrogen) atoms. The Kier molecular flexibility index (Phi) is 5.95. The molecule has 3 fully saturated rings. The van der Waals surface area contributed by atoms with E-state index in [1.165, 1.54) is 26.3 Å². The van der Waals surface area contributed by atoms with Crippen LogP contribution < -0.4 is 0 Å². The third-order valence-corrected chi connectivity index (χ3v) is 8.87. The highest BCUT2D eigenvalue weighted by Gasteiger charge is 2.61. The van der Waals surface area contributed by atoms with E-state index in [0.717, 1.165) is 51.4 Å². The number of rotatable bonds is 4. The van der Waals surface area contributed by atoms with Gasteiger partial charge in [-0.15, -0.1) is 0 Å². The highest BCUT2D eigenvalue weighted by molar-refractivity contribution is 5.67. The molecular formula is C25H36O6. The molecule has 0 spiro atoms. The summed E-state index contributed by atoms with van der Waals surface area (Å²) >= 11 is 0. The van der Waals surface area contributed by atoms with Crippen molar-refractivity contribution in [3.8, 4) is 0 Å². The van der Waals surface area contributed by atoms with Crippen molar-refractivity contribution in [1.82, 2.24) is 0 Å². The third kappa shape index (κ3) is 3.91. The van der Waals surface area contributed by atoms with Crippen LogP contribution in [0.3, 0.4) is 0 Å². The normalized spacial score (nSPS) is 41.2. The zero-order valence-corrected chi connectivity index (χ0v) is 19.3. The van der Waals surface area contributed by atoms with Crippen LogP contribution >= 0.6 is 0 Å². The van der Waals surface area contributed by atoms with Crippen LogP contribution in [-0.4, -0.2) is 36.7 Å². The van der Waals surface area contributed by atoms with Crippen molar-refractivity contribution >= 4 is 17.9 Å². The Morgan fingerprint density at radius 2 is 1.68 bits per heavy atom. The summed E-state index contributed by atoms with van der Waals surface area (Å²) in [6.07, 6.45) is 9.79.